The molecule has 0 bridgehead atoms. The van der Waals surface area contributed by atoms with Gasteiger partial charge in [0.15, 0.2) is 0 Å². The molecule has 2 heterocycles. The minimum absolute atomic E-state index is 0.117. The molecule has 1 aliphatic rings. The quantitative estimate of drug-likeness (QED) is 0.554. The topological polar surface area (TPSA) is 57.8 Å². The van der Waals surface area contributed by atoms with Gasteiger partial charge in [-0.3, -0.25) is 4.79 Å². The standard InChI is InChI=1S/C22H23N3O2/c1-2-20-18(17-10-4-6-12-21(17)27-20)14-23-24-22(26)15-25-13-7-9-16-8-3-5-11-19(16)25/h3-6,8,10-12,14H,2,7,9,13,15H2,1H3,(H,24,26)/b23-14-. The zero-order chi connectivity index (χ0) is 18.6. The van der Waals surface area contributed by atoms with Gasteiger partial charge in [0.05, 0.1) is 12.8 Å². The van der Waals surface area contributed by atoms with Crippen LogP contribution in [0, 0.1) is 0 Å². The highest BCUT2D eigenvalue weighted by Crippen LogP contribution is 2.26. The van der Waals surface area contributed by atoms with Crippen LogP contribution >= 0.6 is 0 Å². The van der Waals surface area contributed by atoms with Crippen molar-refractivity contribution in [2.24, 2.45) is 5.10 Å². The van der Waals surface area contributed by atoms with E-state index >= 15 is 0 Å². The fourth-order valence-corrected chi connectivity index (χ4v) is 3.67. The zero-order valence-corrected chi connectivity index (χ0v) is 15.4. The molecule has 0 spiro atoms. The summed E-state index contributed by atoms with van der Waals surface area (Å²) in [4.78, 5) is 14.5. The van der Waals surface area contributed by atoms with E-state index in [-0.39, 0.29) is 5.91 Å². The number of amides is 1. The van der Waals surface area contributed by atoms with Crippen molar-refractivity contribution in [2.45, 2.75) is 26.2 Å². The van der Waals surface area contributed by atoms with Gasteiger partial charge in [-0.1, -0.05) is 43.3 Å². The lowest BCUT2D eigenvalue weighted by molar-refractivity contribution is -0.119. The minimum atomic E-state index is -0.117. The van der Waals surface area contributed by atoms with E-state index in [1.54, 1.807) is 6.21 Å². The summed E-state index contributed by atoms with van der Waals surface area (Å²) in [6, 6.07) is 16.1. The fraction of sp³-hybridized carbons (Fsp3) is 0.273. The highest BCUT2D eigenvalue weighted by Gasteiger charge is 2.18. The van der Waals surface area contributed by atoms with Gasteiger partial charge < -0.3 is 9.32 Å². The molecule has 138 valence electrons. The van der Waals surface area contributed by atoms with Gasteiger partial charge in [-0.15, -0.1) is 0 Å². The van der Waals surface area contributed by atoms with E-state index in [0.29, 0.717) is 6.54 Å². The number of benzene rings is 2. The fourth-order valence-electron chi connectivity index (χ4n) is 3.67. The van der Waals surface area contributed by atoms with E-state index in [1.807, 2.05) is 43.3 Å². The lowest BCUT2D eigenvalue weighted by atomic mass is 10.0. The molecule has 0 saturated carbocycles. The highest BCUT2D eigenvalue weighted by molar-refractivity contribution is 5.99. The monoisotopic (exact) mass is 361 g/mol. The predicted octanol–water partition coefficient (Wildman–Crippen LogP) is 3.90. The number of furan rings is 1. The lowest BCUT2D eigenvalue weighted by Crippen LogP contribution is -2.38. The second-order valence-corrected chi connectivity index (χ2v) is 6.74. The van der Waals surface area contributed by atoms with Crippen LogP contribution in [0.1, 0.15) is 30.2 Å². The molecule has 0 fully saturated rings. The number of fused-ring (bicyclic) bond motifs is 2. The summed E-state index contributed by atoms with van der Waals surface area (Å²) in [5.41, 5.74) is 6.88. The Balaban J connectivity index is 1.45. The van der Waals surface area contributed by atoms with Gasteiger partial charge in [0.1, 0.15) is 11.3 Å². The van der Waals surface area contributed by atoms with Crippen LogP contribution < -0.4 is 10.3 Å². The van der Waals surface area contributed by atoms with Crippen LogP contribution in [0.2, 0.25) is 0 Å². The third-order valence-corrected chi connectivity index (χ3v) is 4.96. The Kier molecular flexibility index (Phi) is 4.92. The molecule has 5 heteroatoms. The number of aryl methyl sites for hydroxylation is 2. The average Bonchev–Trinajstić information content (AvgIpc) is 3.06. The van der Waals surface area contributed by atoms with E-state index in [9.17, 15) is 4.79 Å². The number of nitrogens with zero attached hydrogens (tertiary/aromatic N) is 2. The van der Waals surface area contributed by atoms with Gasteiger partial charge in [0.25, 0.3) is 5.91 Å². The maximum absolute atomic E-state index is 12.4. The molecule has 1 amide bonds. The molecule has 1 N–H and O–H groups in total. The molecule has 3 aromatic rings. The molecule has 0 atom stereocenters. The number of para-hydroxylation sites is 2. The van der Waals surface area contributed by atoms with Crippen molar-refractivity contribution in [3.63, 3.8) is 0 Å². The van der Waals surface area contributed by atoms with E-state index in [2.05, 4.69) is 27.6 Å². The largest absolute Gasteiger partial charge is 0.460 e. The number of hydrogen-bond acceptors (Lipinski definition) is 4. The Bertz CT molecular complexity index is 990. The van der Waals surface area contributed by atoms with Crippen LogP contribution in [0.5, 0.6) is 0 Å². The summed E-state index contributed by atoms with van der Waals surface area (Å²) in [6.45, 7) is 3.24. The first-order valence-electron chi connectivity index (χ1n) is 9.41. The first kappa shape index (κ1) is 17.3. The second kappa shape index (κ2) is 7.66. The van der Waals surface area contributed by atoms with Crippen molar-refractivity contribution < 1.29 is 9.21 Å². The molecular formula is C22H23N3O2. The van der Waals surface area contributed by atoms with Gasteiger partial charge >= 0.3 is 0 Å². The van der Waals surface area contributed by atoms with Crippen molar-refractivity contribution in [3.05, 3.63) is 65.4 Å². The number of anilines is 1. The molecule has 0 saturated heterocycles. The normalized spacial score (nSPS) is 13.9. The van der Waals surface area contributed by atoms with Crippen LogP contribution in [0.25, 0.3) is 11.0 Å². The second-order valence-electron chi connectivity index (χ2n) is 6.74. The van der Waals surface area contributed by atoms with Crippen molar-refractivity contribution in [2.75, 3.05) is 18.0 Å². The van der Waals surface area contributed by atoms with Gasteiger partial charge in [0.2, 0.25) is 0 Å². The summed E-state index contributed by atoms with van der Waals surface area (Å²) in [5.74, 6) is 0.757. The van der Waals surface area contributed by atoms with E-state index in [4.69, 9.17) is 4.42 Å². The number of hydrogen-bond donors (Lipinski definition) is 1. The van der Waals surface area contributed by atoms with Crippen LogP contribution in [0.4, 0.5) is 5.69 Å². The molecular weight excluding hydrogens is 338 g/mol. The Morgan fingerprint density at radius 1 is 1.22 bits per heavy atom. The average molecular weight is 361 g/mol. The Hall–Kier alpha value is -3.08. The molecule has 0 unspecified atom stereocenters. The number of hydrazone groups is 1. The Morgan fingerprint density at radius 2 is 2.04 bits per heavy atom. The van der Waals surface area contributed by atoms with Crippen molar-refractivity contribution in [1.82, 2.24) is 5.43 Å². The summed E-state index contributed by atoms with van der Waals surface area (Å²) in [6.07, 6.45) is 4.59. The molecule has 1 aliphatic heterocycles. The van der Waals surface area contributed by atoms with E-state index in [1.165, 1.54) is 5.56 Å². The van der Waals surface area contributed by atoms with Crippen LogP contribution in [-0.4, -0.2) is 25.2 Å². The van der Waals surface area contributed by atoms with Crippen LogP contribution in [-0.2, 0) is 17.6 Å². The van der Waals surface area contributed by atoms with E-state index < -0.39 is 0 Å². The first-order valence-corrected chi connectivity index (χ1v) is 9.41. The SMILES string of the molecule is CCc1oc2ccccc2c1/C=N\NC(=O)CN1CCCc2ccccc21. The number of carbonyl (C=O) groups excluding carboxylic acids is 1. The smallest absolute Gasteiger partial charge is 0.259 e. The van der Waals surface area contributed by atoms with Crippen molar-refractivity contribution in [1.29, 1.82) is 0 Å². The summed E-state index contributed by atoms with van der Waals surface area (Å²) in [5, 5.41) is 5.19. The van der Waals surface area contributed by atoms with E-state index in [0.717, 1.165) is 53.8 Å². The van der Waals surface area contributed by atoms with Crippen LogP contribution in [0.15, 0.2) is 58.0 Å². The molecule has 4 rings (SSSR count). The van der Waals surface area contributed by atoms with Gasteiger partial charge in [-0.05, 0) is 30.5 Å². The molecule has 1 aromatic heterocycles. The van der Waals surface area contributed by atoms with Crippen molar-refractivity contribution >= 4 is 28.8 Å². The maximum Gasteiger partial charge on any atom is 0.259 e. The predicted molar refractivity (Wildman–Crippen MR) is 108 cm³/mol. The number of rotatable bonds is 5. The molecule has 0 radical (unpaired) electrons. The minimum Gasteiger partial charge on any atom is -0.460 e. The number of nitrogens with one attached hydrogen (secondary N) is 1. The Labute approximate surface area is 158 Å². The summed E-state index contributed by atoms with van der Waals surface area (Å²) < 4.78 is 5.85. The number of carbonyl (C=O) groups is 1. The summed E-state index contributed by atoms with van der Waals surface area (Å²) >= 11 is 0. The molecule has 2 aromatic carbocycles. The first-order chi connectivity index (χ1) is 13.3. The van der Waals surface area contributed by atoms with Gasteiger partial charge in [0, 0.05) is 29.6 Å². The summed E-state index contributed by atoms with van der Waals surface area (Å²) in [7, 11) is 0. The third-order valence-electron chi connectivity index (χ3n) is 4.96. The maximum atomic E-state index is 12.4. The molecule has 27 heavy (non-hydrogen) atoms. The zero-order valence-electron chi connectivity index (χ0n) is 15.4. The van der Waals surface area contributed by atoms with Crippen molar-refractivity contribution in [3.8, 4) is 0 Å². The lowest BCUT2D eigenvalue weighted by Gasteiger charge is -2.30. The van der Waals surface area contributed by atoms with Crippen LogP contribution in [0.3, 0.4) is 0 Å². The molecule has 0 aliphatic carbocycles. The Morgan fingerprint density at radius 3 is 2.93 bits per heavy atom. The van der Waals surface area contributed by atoms with Gasteiger partial charge in [-0.2, -0.15) is 5.10 Å². The third kappa shape index (κ3) is 3.58. The highest BCUT2D eigenvalue weighted by atomic mass is 16.3. The van der Waals surface area contributed by atoms with Gasteiger partial charge in [-0.25, -0.2) is 5.43 Å². The molecule has 5 nitrogen and oxygen atoms in total.